The molecule has 4 heteroatoms. The van der Waals surface area contributed by atoms with Crippen LogP contribution in [0.5, 0.6) is 0 Å². The Morgan fingerprint density at radius 3 is 2.72 bits per heavy atom. The zero-order valence-corrected chi connectivity index (χ0v) is 12.0. The summed E-state index contributed by atoms with van der Waals surface area (Å²) in [6, 6.07) is 0.369. The number of esters is 1. The van der Waals surface area contributed by atoms with Gasteiger partial charge in [0, 0.05) is 12.6 Å². The summed E-state index contributed by atoms with van der Waals surface area (Å²) in [5, 5.41) is 0. The highest BCUT2D eigenvalue weighted by atomic mass is 16.5. The monoisotopic (exact) mass is 256 g/mol. The average molecular weight is 256 g/mol. The van der Waals surface area contributed by atoms with Gasteiger partial charge in [-0.25, -0.2) is 0 Å². The fourth-order valence-corrected chi connectivity index (χ4v) is 2.77. The molecule has 0 amide bonds. The number of carbonyl (C=O) groups excluding carboxylic acids is 1. The number of rotatable bonds is 6. The number of hydrogen-bond donors (Lipinski definition) is 1. The number of likely N-dealkylation sites (tertiary alicyclic amines) is 1. The van der Waals surface area contributed by atoms with Crippen molar-refractivity contribution in [1.29, 1.82) is 0 Å². The first kappa shape index (κ1) is 15.4. The quantitative estimate of drug-likeness (QED) is 0.736. The summed E-state index contributed by atoms with van der Waals surface area (Å²) in [6.07, 6.45) is 4.18. The molecule has 0 aromatic heterocycles. The van der Waals surface area contributed by atoms with Gasteiger partial charge in [-0.05, 0) is 45.6 Å². The van der Waals surface area contributed by atoms with Crippen molar-refractivity contribution in [2.45, 2.75) is 58.5 Å². The molecular weight excluding hydrogens is 228 g/mol. The van der Waals surface area contributed by atoms with E-state index in [1.807, 2.05) is 6.92 Å². The maximum absolute atomic E-state index is 12.1. The van der Waals surface area contributed by atoms with Gasteiger partial charge in [-0.1, -0.05) is 13.3 Å². The highest BCUT2D eigenvalue weighted by molar-refractivity contribution is 5.75. The summed E-state index contributed by atoms with van der Waals surface area (Å²) in [7, 11) is 0. The largest absolute Gasteiger partial charge is 0.465 e. The number of hydrogen-bond acceptors (Lipinski definition) is 4. The molecule has 18 heavy (non-hydrogen) atoms. The van der Waals surface area contributed by atoms with Gasteiger partial charge in [-0.15, -0.1) is 0 Å². The van der Waals surface area contributed by atoms with Gasteiger partial charge in [-0.2, -0.15) is 0 Å². The molecule has 0 radical (unpaired) electrons. The van der Waals surface area contributed by atoms with Crippen molar-refractivity contribution in [3.63, 3.8) is 0 Å². The first-order chi connectivity index (χ1) is 8.63. The summed E-state index contributed by atoms with van der Waals surface area (Å²) < 4.78 is 5.22. The minimum atomic E-state index is -0.0840. The Balaban J connectivity index is 2.72. The summed E-state index contributed by atoms with van der Waals surface area (Å²) in [5.74, 6) is 0.457. The van der Waals surface area contributed by atoms with E-state index in [1.165, 1.54) is 6.42 Å². The third-order valence-electron chi connectivity index (χ3n) is 3.88. The van der Waals surface area contributed by atoms with Gasteiger partial charge in [-0.3, -0.25) is 9.69 Å². The first-order valence-corrected chi connectivity index (χ1v) is 7.26. The average Bonchev–Trinajstić information content (AvgIpc) is 2.37. The van der Waals surface area contributed by atoms with Crippen molar-refractivity contribution in [3.8, 4) is 0 Å². The standard InChI is InChI=1S/C14H28N2O2/c1-4-6-13(14(17)18-5-2)16-10-12(9-15)8-7-11(16)3/h11-13H,4-10,15H2,1-3H3. The molecule has 0 aromatic carbocycles. The van der Waals surface area contributed by atoms with Crippen LogP contribution in [-0.4, -0.2) is 42.6 Å². The van der Waals surface area contributed by atoms with Gasteiger partial charge in [0.2, 0.25) is 0 Å². The first-order valence-electron chi connectivity index (χ1n) is 7.26. The van der Waals surface area contributed by atoms with Crippen LogP contribution in [-0.2, 0) is 9.53 Å². The Kier molecular flexibility index (Phi) is 6.65. The number of ether oxygens (including phenoxy) is 1. The lowest BCUT2D eigenvalue weighted by atomic mass is 9.91. The fourth-order valence-electron chi connectivity index (χ4n) is 2.77. The molecule has 0 saturated carbocycles. The van der Waals surface area contributed by atoms with Crippen LogP contribution in [0.1, 0.15) is 46.5 Å². The summed E-state index contributed by atoms with van der Waals surface area (Å²) in [6.45, 7) is 8.28. The maximum atomic E-state index is 12.1. The molecular formula is C14H28N2O2. The van der Waals surface area contributed by atoms with Gasteiger partial charge in [0.25, 0.3) is 0 Å². The topological polar surface area (TPSA) is 55.6 Å². The van der Waals surface area contributed by atoms with Gasteiger partial charge < -0.3 is 10.5 Å². The van der Waals surface area contributed by atoms with Crippen LogP contribution in [0.2, 0.25) is 0 Å². The molecule has 0 aromatic rings. The Morgan fingerprint density at radius 2 is 2.17 bits per heavy atom. The molecule has 1 aliphatic rings. The van der Waals surface area contributed by atoms with E-state index in [1.54, 1.807) is 0 Å². The van der Waals surface area contributed by atoms with Crippen molar-refractivity contribution in [3.05, 3.63) is 0 Å². The molecule has 1 rings (SSSR count). The van der Waals surface area contributed by atoms with Crippen LogP contribution in [0.4, 0.5) is 0 Å². The smallest absolute Gasteiger partial charge is 0.323 e. The minimum Gasteiger partial charge on any atom is -0.465 e. The Bertz CT molecular complexity index is 258. The SMILES string of the molecule is CCCC(C(=O)OCC)N1CC(CN)CCC1C. The minimum absolute atomic E-state index is 0.0659. The molecule has 2 N–H and O–H groups in total. The van der Waals surface area contributed by atoms with E-state index >= 15 is 0 Å². The van der Waals surface area contributed by atoms with Crippen LogP contribution < -0.4 is 5.73 Å². The molecule has 1 saturated heterocycles. The predicted octanol–water partition coefficient (Wildman–Crippen LogP) is 1.78. The van der Waals surface area contributed by atoms with Crippen LogP contribution in [0.3, 0.4) is 0 Å². The van der Waals surface area contributed by atoms with Gasteiger partial charge in [0.15, 0.2) is 0 Å². The van der Waals surface area contributed by atoms with E-state index in [9.17, 15) is 4.79 Å². The van der Waals surface area contributed by atoms with Crippen molar-refractivity contribution >= 4 is 5.97 Å². The lowest BCUT2D eigenvalue weighted by Crippen LogP contribution is -2.52. The third-order valence-corrected chi connectivity index (χ3v) is 3.88. The van der Waals surface area contributed by atoms with E-state index in [0.29, 0.717) is 25.1 Å². The molecule has 3 atom stereocenters. The molecule has 1 fully saturated rings. The van der Waals surface area contributed by atoms with Gasteiger partial charge in [0.1, 0.15) is 6.04 Å². The number of nitrogens with two attached hydrogens (primary N) is 1. The van der Waals surface area contributed by atoms with Crippen LogP contribution in [0.25, 0.3) is 0 Å². The molecule has 3 unspecified atom stereocenters. The van der Waals surface area contributed by atoms with Crippen LogP contribution >= 0.6 is 0 Å². The van der Waals surface area contributed by atoms with E-state index < -0.39 is 0 Å². The summed E-state index contributed by atoms with van der Waals surface area (Å²) >= 11 is 0. The number of nitrogens with zero attached hydrogens (tertiary/aromatic N) is 1. The van der Waals surface area contributed by atoms with E-state index in [-0.39, 0.29) is 12.0 Å². The molecule has 0 bridgehead atoms. The zero-order valence-electron chi connectivity index (χ0n) is 12.0. The molecule has 1 heterocycles. The highest BCUT2D eigenvalue weighted by Crippen LogP contribution is 2.25. The summed E-state index contributed by atoms with van der Waals surface area (Å²) in [5.41, 5.74) is 5.78. The predicted molar refractivity (Wildman–Crippen MR) is 73.3 cm³/mol. The third kappa shape index (κ3) is 3.95. The number of carbonyl (C=O) groups is 1. The van der Waals surface area contributed by atoms with E-state index in [4.69, 9.17) is 10.5 Å². The molecule has 0 aliphatic carbocycles. The zero-order chi connectivity index (χ0) is 13.5. The Hall–Kier alpha value is -0.610. The van der Waals surface area contributed by atoms with Crippen LogP contribution in [0.15, 0.2) is 0 Å². The lowest BCUT2D eigenvalue weighted by molar-refractivity contribution is -0.152. The van der Waals surface area contributed by atoms with E-state index in [2.05, 4.69) is 18.7 Å². The molecule has 1 aliphatic heterocycles. The fraction of sp³-hybridized carbons (Fsp3) is 0.929. The molecule has 106 valence electrons. The molecule has 0 spiro atoms. The normalized spacial score (nSPS) is 26.9. The van der Waals surface area contributed by atoms with Crippen molar-refractivity contribution in [2.24, 2.45) is 11.7 Å². The van der Waals surface area contributed by atoms with Crippen molar-refractivity contribution in [2.75, 3.05) is 19.7 Å². The Labute approximate surface area is 111 Å². The van der Waals surface area contributed by atoms with Gasteiger partial charge >= 0.3 is 5.97 Å². The number of piperidine rings is 1. The van der Waals surface area contributed by atoms with Crippen LogP contribution in [0, 0.1) is 5.92 Å². The summed E-state index contributed by atoms with van der Waals surface area (Å²) in [4.78, 5) is 14.4. The second-order valence-corrected chi connectivity index (χ2v) is 5.28. The Morgan fingerprint density at radius 1 is 1.44 bits per heavy atom. The second kappa shape index (κ2) is 7.74. The van der Waals surface area contributed by atoms with Gasteiger partial charge in [0.05, 0.1) is 6.61 Å². The van der Waals surface area contributed by atoms with E-state index in [0.717, 1.165) is 25.8 Å². The molecule has 4 nitrogen and oxygen atoms in total. The highest BCUT2D eigenvalue weighted by Gasteiger charge is 2.34. The maximum Gasteiger partial charge on any atom is 0.323 e. The second-order valence-electron chi connectivity index (χ2n) is 5.28. The van der Waals surface area contributed by atoms with Crippen molar-refractivity contribution < 1.29 is 9.53 Å². The lowest BCUT2D eigenvalue weighted by Gasteiger charge is -2.41. The van der Waals surface area contributed by atoms with Crippen molar-refractivity contribution in [1.82, 2.24) is 4.90 Å².